The summed E-state index contributed by atoms with van der Waals surface area (Å²) in [6, 6.07) is 12.1. The van der Waals surface area contributed by atoms with Crippen LogP contribution in [0, 0.1) is 0 Å². The molecule has 0 fully saturated rings. The first-order valence-electron chi connectivity index (χ1n) is 8.92. The van der Waals surface area contributed by atoms with Gasteiger partial charge in [-0.2, -0.15) is 13.2 Å². The van der Waals surface area contributed by atoms with Crippen molar-refractivity contribution < 1.29 is 23.1 Å². The van der Waals surface area contributed by atoms with Crippen LogP contribution in [0.5, 0.6) is 0 Å². The number of para-hydroxylation sites is 1. The maximum atomic E-state index is 10.6. The SMILES string of the molecule is CCCCN1C=CN(C)C1C.O=C(O)C(F)(F)F.c1ccc2ncccc2c1. The molecule has 1 aliphatic rings. The zero-order valence-corrected chi connectivity index (χ0v) is 16.2. The van der Waals surface area contributed by atoms with Gasteiger partial charge in [-0.15, -0.1) is 0 Å². The molecule has 0 aliphatic carbocycles. The van der Waals surface area contributed by atoms with Crippen molar-refractivity contribution in [3.63, 3.8) is 0 Å². The molecule has 0 saturated heterocycles. The highest BCUT2D eigenvalue weighted by Gasteiger charge is 2.38. The van der Waals surface area contributed by atoms with Gasteiger partial charge in [0.05, 0.1) is 11.7 Å². The standard InChI is InChI=1S/C9H18N2.C9H7N.C2HF3O2/c1-4-5-6-11-8-7-10(3)9(11)2;1-2-6-9-8(4-1)5-3-7-10-9;3-2(4,5)1(6)7/h7-9H,4-6H2,1-3H3;1-7H;(H,6,7). The van der Waals surface area contributed by atoms with Crippen molar-refractivity contribution in [1.29, 1.82) is 0 Å². The number of aromatic nitrogens is 1. The van der Waals surface area contributed by atoms with Crippen LogP contribution in [0.15, 0.2) is 55.0 Å². The largest absolute Gasteiger partial charge is 0.490 e. The van der Waals surface area contributed by atoms with Crippen molar-refractivity contribution in [3.05, 3.63) is 55.0 Å². The van der Waals surface area contributed by atoms with Gasteiger partial charge in [-0.1, -0.05) is 37.6 Å². The summed E-state index contributed by atoms with van der Waals surface area (Å²) in [7, 11) is 2.12. The third-order valence-corrected chi connectivity index (χ3v) is 4.09. The number of carboxylic acids is 1. The number of rotatable bonds is 3. The van der Waals surface area contributed by atoms with Crippen molar-refractivity contribution in [2.45, 2.75) is 39.0 Å². The number of aliphatic carboxylic acids is 1. The minimum Gasteiger partial charge on any atom is -0.475 e. The maximum absolute atomic E-state index is 10.6. The molecular weight excluding hydrogens is 371 g/mol. The molecule has 1 unspecified atom stereocenters. The van der Waals surface area contributed by atoms with Crippen LogP contribution >= 0.6 is 0 Å². The second kappa shape index (κ2) is 11.2. The molecule has 0 bridgehead atoms. The van der Waals surface area contributed by atoms with Gasteiger partial charge in [-0.3, -0.25) is 4.98 Å². The molecular formula is C20H26F3N3O2. The lowest BCUT2D eigenvalue weighted by Crippen LogP contribution is -2.33. The van der Waals surface area contributed by atoms with E-state index in [4.69, 9.17) is 9.90 Å². The van der Waals surface area contributed by atoms with E-state index in [9.17, 15) is 13.2 Å². The van der Waals surface area contributed by atoms with E-state index in [2.05, 4.69) is 60.2 Å². The number of alkyl halides is 3. The predicted octanol–water partition coefficient (Wildman–Crippen LogP) is 4.72. The fraction of sp³-hybridized carbons (Fsp3) is 0.400. The van der Waals surface area contributed by atoms with Crippen LogP contribution in [0.3, 0.4) is 0 Å². The molecule has 1 aliphatic heterocycles. The van der Waals surface area contributed by atoms with Gasteiger partial charge in [-0.25, -0.2) is 4.79 Å². The van der Waals surface area contributed by atoms with Crippen molar-refractivity contribution in [3.8, 4) is 0 Å². The van der Waals surface area contributed by atoms with E-state index in [1.807, 2.05) is 30.5 Å². The highest BCUT2D eigenvalue weighted by Crippen LogP contribution is 2.14. The quantitative estimate of drug-likeness (QED) is 0.812. The lowest BCUT2D eigenvalue weighted by atomic mass is 10.2. The van der Waals surface area contributed by atoms with E-state index in [1.54, 1.807) is 0 Å². The summed E-state index contributed by atoms with van der Waals surface area (Å²) in [5.74, 6) is -2.76. The van der Waals surface area contributed by atoms with Crippen LogP contribution < -0.4 is 0 Å². The van der Waals surface area contributed by atoms with E-state index < -0.39 is 12.1 Å². The molecule has 2 heterocycles. The first-order valence-corrected chi connectivity index (χ1v) is 8.92. The van der Waals surface area contributed by atoms with E-state index >= 15 is 0 Å². The summed E-state index contributed by atoms with van der Waals surface area (Å²) in [6.45, 7) is 5.66. The van der Waals surface area contributed by atoms with Crippen LogP contribution in [-0.4, -0.2) is 51.8 Å². The third-order valence-electron chi connectivity index (χ3n) is 4.09. The number of carbonyl (C=O) groups is 1. The molecule has 28 heavy (non-hydrogen) atoms. The van der Waals surface area contributed by atoms with Crippen LogP contribution in [-0.2, 0) is 4.79 Å². The Hall–Kier alpha value is -2.77. The summed E-state index contributed by atoms with van der Waals surface area (Å²) in [5.41, 5.74) is 1.06. The van der Waals surface area contributed by atoms with Gasteiger partial charge >= 0.3 is 12.1 Å². The molecule has 8 heteroatoms. The van der Waals surface area contributed by atoms with E-state index in [0.29, 0.717) is 6.17 Å². The Morgan fingerprint density at radius 1 is 1.18 bits per heavy atom. The Balaban J connectivity index is 0.000000216. The second-order valence-electron chi connectivity index (χ2n) is 6.19. The van der Waals surface area contributed by atoms with Gasteiger partial charge in [-0.05, 0) is 25.5 Å². The van der Waals surface area contributed by atoms with Gasteiger partial charge in [0, 0.05) is 37.6 Å². The number of hydrogen-bond acceptors (Lipinski definition) is 4. The minimum absolute atomic E-state index is 0.557. The van der Waals surface area contributed by atoms with Crippen molar-refractivity contribution in [1.82, 2.24) is 14.8 Å². The normalized spacial score (nSPS) is 15.6. The zero-order valence-electron chi connectivity index (χ0n) is 16.2. The number of nitrogens with zero attached hydrogens (tertiary/aromatic N) is 3. The molecule has 2 aromatic rings. The third kappa shape index (κ3) is 7.85. The van der Waals surface area contributed by atoms with E-state index in [1.165, 1.54) is 24.8 Å². The Morgan fingerprint density at radius 3 is 2.29 bits per heavy atom. The molecule has 0 radical (unpaired) electrons. The van der Waals surface area contributed by atoms with Gasteiger partial charge in [0.1, 0.15) is 0 Å². The molecule has 0 saturated carbocycles. The van der Waals surface area contributed by atoms with Crippen molar-refractivity contribution in [2.24, 2.45) is 0 Å². The average Bonchev–Trinajstić information content (AvgIpc) is 2.99. The second-order valence-corrected chi connectivity index (χ2v) is 6.19. The minimum atomic E-state index is -5.08. The van der Waals surface area contributed by atoms with Gasteiger partial charge in [0.25, 0.3) is 0 Å². The highest BCUT2D eigenvalue weighted by molar-refractivity contribution is 5.77. The lowest BCUT2D eigenvalue weighted by molar-refractivity contribution is -0.192. The molecule has 0 amide bonds. The Labute approximate surface area is 163 Å². The number of fused-ring (bicyclic) bond motifs is 1. The van der Waals surface area contributed by atoms with Crippen LogP contribution in [0.25, 0.3) is 10.9 Å². The molecule has 1 aromatic carbocycles. The molecule has 0 spiro atoms. The summed E-state index contributed by atoms with van der Waals surface area (Å²) >= 11 is 0. The van der Waals surface area contributed by atoms with Gasteiger partial charge in [0.15, 0.2) is 0 Å². The Kier molecular flexibility index (Phi) is 9.27. The predicted molar refractivity (Wildman–Crippen MR) is 103 cm³/mol. The lowest BCUT2D eigenvalue weighted by Gasteiger charge is -2.26. The summed E-state index contributed by atoms with van der Waals surface area (Å²) in [6.07, 6.45) is 4.17. The fourth-order valence-electron chi connectivity index (χ4n) is 2.29. The smallest absolute Gasteiger partial charge is 0.475 e. The van der Waals surface area contributed by atoms with Crippen molar-refractivity contribution in [2.75, 3.05) is 13.6 Å². The molecule has 5 nitrogen and oxygen atoms in total. The van der Waals surface area contributed by atoms with Gasteiger partial charge < -0.3 is 14.9 Å². The van der Waals surface area contributed by atoms with E-state index in [-0.39, 0.29) is 0 Å². The zero-order chi connectivity index (χ0) is 21.2. The monoisotopic (exact) mass is 397 g/mol. The molecule has 3 rings (SSSR count). The summed E-state index contributed by atoms with van der Waals surface area (Å²) in [4.78, 5) is 17.7. The van der Waals surface area contributed by atoms with Crippen LogP contribution in [0.2, 0.25) is 0 Å². The molecule has 1 N–H and O–H groups in total. The molecule has 1 aromatic heterocycles. The maximum Gasteiger partial charge on any atom is 0.490 e. The van der Waals surface area contributed by atoms with Gasteiger partial charge in [0.2, 0.25) is 0 Å². The number of carboxylic acid groups (broad SMARTS) is 1. The number of hydrogen-bond donors (Lipinski definition) is 1. The summed E-state index contributed by atoms with van der Waals surface area (Å²) in [5, 5.41) is 8.32. The Bertz CT molecular complexity index is 700. The number of pyridine rings is 1. The highest BCUT2D eigenvalue weighted by atomic mass is 19.4. The first kappa shape index (κ1) is 23.3. The topological polar surface area (TPSA) is 56.7 Å². The average molecular weight is 397 g/mol. The molecule has 1 atom stereocenters. The Morgan fingerprint density at radius 2 is 1.79 bits per heavy atom. The van der Waals surface area contributed by atoms with Crippen molar-refractivity contribution >= 4 is 16.9 Å². The van der Waals surface area contributed by atoms with Crippen LogP contribution in [0.4, 0.5) is 13.2 Å². The molecule has 154 valence electrons. The number of benzene rings is 1. The van der Waals surface area contributed by atoms with Crippen LogP contribution in [0.1, 0.15) is 26.7 Å². The van der Waals surface area contributed by atoms with E-state index in [0.717, 1.165) is 5.52 Å². The fourth-order valence-corrected chi connectivity index (χ4v) is 2.29. The number of halogens is 3. The number of unbranched alkanes of at least 4 members (excludes halogenated alkanes) is 1. The summed E-state index contributed by atoms with van der Waals surface area (Å²) < 4.78 is 31.7. The first-order chi connectivity index (χ1) is 13.2.